The molecule has 6 aliphatic carbocycles. The molecule has 0 spiro atoms. The number of hydrogen-bond donors (Lipinski definition) is 0. The van der Waals surface area contributed by atoms with E-state index in [0.717, 1.165) is 35.0 Å². The van der Waals surface area contributed by atoms with Crippen LogP contribution in [0.15, 0.2) is 261 Å². The summed E-state index contributed by atoms with van der Waals surface area (Å²) in [6, 6.07) is 90.1. The van der Waals surface area contributed by atoms with Crippen LogP contribution < -0.4 is 0 Å². The minimum Gasteiger partial charge on any atom is -0.341 e. The second kappa shape index (κ2) is 19.2. The molecule has 20 rings (SSSR count). The van der Waals surface area contributed by atoms with Crippen LogP contribution in [-0.4, -0.2) is 23.1 Å². The van der Waals surface area contributed by atoms with Gasteiger partial charge in [-0.3, -0.25) is 0 Å². The van der Waals surface area contributed by atoms with E-state index >= 15 is 0 Å². The second-order valence-corrected chi connectivity index (χ2v) is 26.3. The van der Waals surface area contributed by atoms with E-state index in [9.17, 15) is 0 Å². The summed E-state index contributed by atoms with van der Waals surface area (Å²) in [4.78, 5) is 4.82. The van der Waals surface area contributed by atoms with Crippen LogP contribution in [0.5, 0.6) is 0 Å². The summed E-state index contributed by atoms with van der Waals surface area (Å²) in [5.41, 5.74) is 19.9. The first-order valence-electron chi connectivity index (χ1n) is 31.4. The summed E-state index contributed by atoms with van der Waals surface area (Å²) in [5, 5.41) is 6.66. The number of rotatable bonds is 8. The third kappa shape index (κ3) is 7.85. The first kappa shape index (κ1) is 49.3. The molecule has 6 aliphatic rings. The average molecular weight is 1100 g/mol. The molecule has 6 bridgehead atoms. The average Bonchev–Trinajstić information content (AvgIpc) is 1.84. The zero-order valence-corrected chi connectivity index (χ0v) is 47.9. The predicted molar refractivity (Wildman–Crippen MR) is 350 cm³/mol. The molecular weight excluding hydrogens is 1030 g/mol. The molecule has 6 unspecified atom stereocenters. The number of aromatic nitrogens is 5. The molecule has 5 heterocycles. The second-order valence-electron chi connectivity index (χ2n) is 26.3. The fourth-order valence-corrected chi connectivity index (χ4v) is 18.6. The quantitative estimate of drug-likeness (QED) is 0.149. The van der Waals surface area contributed by atoms with Crippen LogP contribution in [0.2, 0.25) is 0 Å². The van der Waals surface area contributed by atoms with Crippen LogP contribution in [0.1, 0.15) is 86.3 Å². The van der Waals surface area contributed by atoms with Gasteiger partial charge in [0.1, 0.15) is 5.65 Å². The Bertz CT molecular complexity index is 4710. The van der Waals surface area contributed by atoms with Crippen LogP contribution in [0.4, 0.5) is 0 Å². The number of pyridine rings is 1. The van der Waals surface area contributed by atoms with Crippen LogP contribution in [-0.2, 0) is 11.0 Å². The van der Waals surface area contributed by atoms with Crippen LogP contribution in [0.3, 0.4) is 0 Å². The molecule has 6 saturated carbocycles. The van der Waals surface area contributed by atoms with Crippen molar-refractivity contribution in [2.45, 2.75) is 80.6 Å². The van der Waals surface area contributed by atoms with E-state index in [1.807, 2.05) is 12.1 Å². The predicted octanol–water partition coefficient (Wildman–Crippen LogP) is 20.0. The summed E-state index contributed by atoms with van der Waals surface area (Å²) in [6.07, 6.45) is 18.7. The van der Waals surface area contributed by atoms with Gasteiger partial charge in [-0.2, -0.15) is 0 Å². The minimum atomic E-state index is 0.183. The van der Waals surface area contributed by atoms with Gasteiger partial charge in [0, 0.05) is 79.1 Å². The Morgan fingerprint density at radius 3 is 1.42 bits per heavy atom. The van der Waals surface area contributed by atoms with Crippen LogP contribution in [0.25, 0.3) is 93.9 Å². The molecule has 5 heteroatoms. The summed E-state index contributed by atoms with van der Waals surface area (Å²) in [5.74, 6) is 4.45. The number of hydrogen-bond acceptors (Lipinski definition) is 1. The zero-order chi connectivity index (χ0) is 55.8. The molecule has 14 aromatic rings. The highest BCUT2D eigenvalue weighted by Crippen LogP contribution is 2.66. The molecule has 412 valence electrons. The molecule has 0 aliphatic heterocycles. The Kier molecular flexibility index (Phi) is 11.1. The van der Waals surface area contributed by atoms with Gasteiger partial charge in [0.15, 0.2) is 0 Å². The number of fused-ring (bicyclic) bond motifs is 10. The highest BCUT2D eigenvalue weighted by molar-refractivity contribution is 6.10. The lowest BCUT2D eigenvalue weighted by Crippen LogP contribution is -2.58. The highest BCUT2D eigenvalue weighted by atomic mass is 15.1. The lowest BCUT2D eigenvalue weighted by Gasteiger charge is -2.63. The maximum atomic E-state index is 4.82. The number of benzene rings is 9. The van der Waals surface area contributed by atoms with Crippen molar-refractivity contribution in [1.29, 1.82) is 0 Å². The Balaban J connectivity index is 0.000000129. The smallest absolute Gasteiger partial charge is 0.137 e. The molecule has 0 saturated heterocycles. The zero-order valence-electron chi connectivity index (χ0n) is 47.9. The Hall–Kier alpha value is -9.19. The third-order valence-electron chi connectivity index (χ3n) is 21.6. The molecule has 9 aromatic carbocycles. The van der Waals surface area contributed by atoms with Gasteiger partial charge in [0.25, 0.3) is 0 Å². The summed E-state index contributed by atoms with van der Waals surface area (Å²) in [6.45, 7) is 0. The van der Waals surface area contributed by atoms with Crippen molar-refractivity contribution in [2.75, 3.05) is 0 Å². The van der Waals surface area contributed by atoms with E-state index in [1.54, 1.807) is 5.56 Å². The lowest BCUT2D eigenvalue weighted by molar-refractivity contribution is -0.0606. The fourth-order valence-electron chi connectivity index (χ4n) is 18.6. The van der Waals surface area contributed by atoms with E-state index in [0.29, 0.717) is 11.8 Å². The SMILES string of the molecule is c1ccc(-c2cn(C34CC5CC(CC(c6ccc(-n7c8ccccc8c8ccccc87)cc6)(C5)C3)C4)c3ccccc23)cc1.c1ccc2c(c1)c1ccccc1n2-c1ccc(C2CC3CC(c4ccc(-c5cn6ccccc6n5)cc4)C2C3)cc1. The molecule has 0 amide bonds. The van der Waals surface area contributed by atoms with Crippen LogP contribution in [0, 0.1) is 23.7 Å². The van der Waals surface area contributed by atoms with Gasteiger partial charge in [0.05, 0.1) is 27.8 Å². The van der Waals surface area contributed by atoms with Crippen molar-refractivity contribution in [3.63, 3.8) is 0 Å². The Morgan fingerprint density at radius 2 is 0.871 bits per heavy atom. The van der Waals surface area contributed by atoms with Gasteiger partial charge in [-0.1, -0.05) is 176 Å². The summed E-state index contributed by atoms with van der Waals surface area (Å²) in [7, 11) is 0. The summed E-state index contributed by atoms with van der Waals surface area (Å²) >= 11 is 0. The number of nitrogens with zero attached hydrogens (tertiary/aromatic N) is 5. The monoisotopic (exact) mass is 1100 g/mol. The largest absolute Gasteiger partial charge is 0.341 e. The summed E-state index contributed by atoms with van der Waals surface area (Å²) < 4.78 is 9.72. The molecule has 6 atom stereocenters. The molecule has 6 fully saturated rings. The standard InChI is InChI=1S/C42H36N2.C38H31N3/c1-2-10-31(11-3-1)37-27-43(38-15-7-4-14-36(37)38)42-25-29-22-30(26-42)24-41(23-29,28-42)32-18-20-33(21-19-32)44-39-16-8-5-12-34(39)35-13-6-9-17-40(35)44;1-3-9-36-30(7-1)31-8-2-4-10-37(31)41(36)29-18-16-27(17-19-29)33-22-25-21-32(34(33)23-25)26-12-14-28(15-13-26)35-24-40-20-6-5-11-38(40)39-35/h1-21,27,29-30H,22-26,28H2;1-20,24-25,32-34H,21-23H2. The van der Waals surface area contributed by atoms with Crippen molar-refractivity contribution in [2.24, 2.45) is 23.7 Å². The van der Waals surface area contributed by atoms with Crippen molar-refractivity contribution in [3.05, 3.63) is 278 Å². The van der Waals surface area contributed by atoms with Gasteiger partial charge >= 0.3 is 0 Å². The topological polar surface area (TPSA) is 32.1 Å². The molecule has 0 N–H and O–H groups in total. The van der Waals surface area contributed by atoms with E-state index in [4.69, 9.17) is 4.98 Å². The Labute approximate surface area is 496 Å². The first-order valence-corrected chi connectivity index (χ1v) is 31.4. The number of imidazole rings is 1. The molecule has 5 aromatic heterocycles. The normalized spacial score (nSPS) is 23.9. The van der Waals surface area contributed by atoms with Gasteiger partial charge in [0.2, 0.25) is 0 Å². The van der Waals surface area contributed by atoms with Gasteiger partial charge in [-0.05, 0) is 188 Å². The van der Waals surface area contributed by atoms with Gasteiger partial charge in [-0.25, -0.2) is 4.98 Å². The maximum Gasteiger partial charge on any atom is 0.137 e. The van der Waals surface area contributed by atoms with Crippen molar-refractivity contribution in [1.82, 2.24) is 23.1 Å². The van der Waals surface area contributed by atoms with Crippen molar-refractivity contribution < 1.29 is 0 Å². The maximum absolute atomic E-state index is 4.82. The number of para-hydroxylation sites is 5. The molecule has 5 nitrogen and oxygen atoms in total. The van der Waals surface area contributed by atoms with E-state index in [-0.39, 0.29) is 11.0 Å². The lowest BCUT2D eigenvalue weighted by atomic mass is 9.45. The van der Waals surface area contributed by atoms with Gasteiger partial charge in [-0.15, -0.1) is 0 Å². The van der Waals surface area contributed by atoms with E-state index < -0.39 is 0 Å². The van der Waals surface area contributed by atoms with E-state index in [2.05, 4.69) is 267 Å². The minimum absolute atomic E-state index is 0.183. The fraction of sp³-hybridized carbons (Fsp3) is 0.212. The Morgan fingerprint density at radius 1 is 0.376 bits per heavy atom. The van der Waals surface area contributed by atoms with Crippen molar-refractivity contribution in [3.8, 4) is 33.8 Å². The van der Waals surface area contributed by atoms with E-state index in [1.165, 1.54) is 151 Å². The molecule has 0 radical (unpaired) electrons. The third-order valence-corrected chi connectivity index (χ3v) is 21.6. The van der Waals surface area contributed by atoms with Crippen LogP contribution >= 0.6 is 0 Å². The molecular formula is C80H67N5. The highest BCUT2D eigenvalue weighted by Gasteiger charge is 2.59. The van der Waals surface area contributed by atoms with Gasteiger partial charge < -0.3 is 18.1 Å². The molecule has 85 heavy (non-hydrogen) atoms. The first-order chi connectivity index (χ1) is 42.0. The van der Waals surface area contributed by atoms with Crippen molar-refractivity contribution >= 4 is 60.2 Å².